The zero-order valence-corrected chi connectivity index (χ0v) is 10.1. The third-order valence-corrected chi connectivity index (χ3v) is 2.69. The van der Waals surface area contributed by atoms with E-state index in [0.29, 0.717) is 12.1 Å². The van der Waals surface area contributed by atoms with E-state index in [9.17, 15) is 0 Å². The molecule has 1 saturated heterocycles. The van der Waals surface area contributed by atoms with Gasteiger partial charge < -0.3 is 10.1 Å². The van der Waals surface area contributed by atoms with Crippen LogP contribution in [0.3, 0.4) is 0 Å². The number of nitrogens with zero attached hydrogens (tertiary/aromatic N) is 3. The van der Waals surface area contributed by atoms with E-state index in [0.717, 1.165) is 32.4 Å². The highest BCUT2D eigenvalue weighted by atomic mass is 35.5. The molecule has 1 aliphatic heterocycles. The summed E-state index contributed by atoms with van der Waals surface area (Å²) in [6, 6.07) is 0. The fraction of sp³-hybridized carbons (Fsp3) is 0.667. The minimum absolute atomic E-state index is 0.0969. The van der Waals surface area contributed by atoms with Crippen LogP contribution in [0.5, 0.6) is 0 Å². The van der Waals surface area contributed by atoms with Gasteiger partial charge in [-0.1, -0.05) is 0 Å². The van der Waals surface area contributed by atoms with Crippen molar-refractivity contribution in [3.8, 4) is 0 Å². The summed E-state index contributed by atoms with van der Waals surface area (Å²) in [6.45, 7) is 1.61. The monoisotopic (exact) mass is 262 g/mol. The smallest absolute Gasteiger partial charge is 0.228 e. The molecule has 0 spiro atoms. The Morgan fingerprint density at radius 2 is 2.00 bits per heavy atom. The molecule has 0 radical (unpaired) electrons. The van der Waals surface area contributed by atoms with Crippen LogP contribution in [0.15, 0.2) is 0 Å². The molecule has 0 saturated carbocycles. The van der Waals surface area contributed by atoms with E-state index in [-0.39, 0.29) is 10.6 Å². The van der Waals surface area contributed by atoms with Crippen LogP contribution < -0.4 is 5.32 Å². The highest BCUT2D eigenvalue weighted by molar-refractivity contribution is 6.31. The molecule has 0 aliphatic carbocycles. The normalized spacial score (nSPS) is 20.0. The van der Waals surface area contributed by atoms with Gasteiger partial charge in [0.25, 0.3) is 0 Å². The molecule has 1 N–H and O–H groups in total. The summed E-state index contributed by atoms with van der Waals surface area (Å²) in [5.41, 5.74) is 0. The van der Waals surface area contributed by atoms with E-state index < -0.39 is 0 Å². The number of anilines is 1. The van der Waals surface area contributed by atoms with Crippen LogP contribution in [0.4, 0.5) is 5.95 Å². The van der Waals surface area contributed by atoms with Gasteiger partial charge in [0.2, 0.25) is 16.5 Å². The molecule has 1 aromatic rings. The third-order valence-electron chi connectivity index (χ3n) is 2.35. The molecule has 1 fully saturated rings. The summed E-state index contributed by atoms with van der Waals surface area (Å²) < 4.78 is 5.49. The Hall–Kier alpha value is -0.650. The van der Waals surface area contributed by atoms with Crippen molar-refractivity contribution in [2.75, 3.05) is 18.5 Å². The summed E-state index contributed by atoms with van der Waals surface area (Å²) in [5, 5.41) is 3.24. The van der Waals surface area contributed by atoms with Crippen molar-refractivity contribution in [2.45, 2.75) is 25.4 Å². The Morgan fingerprint density at radius 1 is 1.25 bits per heavy atom. The first kappa shape index (κ1) is 11.8. The number of hydrogen-bond donors (Lipinski definition) is 1. The molecule has 1 atom stereocenters. The number of aromatic nitrogens is 3. The SMILES string of the molecule is Clc1nc(Cl)nc(NCCC2CCCO2)n1. The molecule has 2 rings (SSSR count). The maximum Gasteiger partial charge on any atom is 0.228 e. The highest BCUT2D eigenvalue weighted by Gasteiger charge is 2.14. The van der Waals surface area contributed by atoms with Gasteiger partial charge in [-0.15, -0.1) is 0 Å². The van der Waals surface area contributed by atoms with Gasteiger partial charge in [-0.2, -0.15) is 15.0 Å². The van der Waals surface area contributed by atoms with Crippen molar-refractivity contribution < 1.29 is 4.74 Å². The minimum Gasteiger partial charge on any atom is -0.378 e. The van der Waals surface area contributed by atoms with Gasteiger partial charge >= 0.3 is 0 Å². The fourth-order valence-electron chi connectivity index (χ4n) is 1.62. The van der Waals surface area contributed by atoms with Crippen LogP contribution in [-0.2, 0) is 4.74 Å². The van der Waals surface area contributed by atoms with E-state index in [4.69, 9.17) is 27.9 Å². The molecule has 5 nitrogen and oxygen atoms in total. The molecule has 0 aromatic carbocycles. The topological polar surface area (TPSA) is 59.9 Å². The van der Waals surface area contributed by atoms with E-state index in [1.54, 1.807) is 0 Å². The molecule has 16 heavy (non-hydrogen) atoms. The van der Waals surface area contributed by atoms with Crippen LogP contribution in [0.1, 0.15) is 19.3 Å². The lowest BCUT2D eigenvalue weighted by Gasteiger charge is -2.09. The first-order valence-electron chi connectivity index (χ1n) is 5.16. The first-order chi connectivity index (χ1) is 7.74. The van der Waals surface area contributed by atoms with Gasteiger partial charge in [0.15, 0.2) is 0 Å². The lowest BCUT2D eigenvalue weighted by atomic mass is 10.2. The molecular weight excluding hydrogens is 251 g/mol. The fourth-order valence-corrected chi connectivity index (χ4v) is 1.99. The van der Waals surface area contributed by atoms with Crippen molar-refractivity contribution in [1.29, 1.82) is 0 Å². The van der Waals surface area contributed by atoms with Gasteiger partial charge in [0.1, 0.15) is 0 Å². The molecule has 1 unspecified atom stereocenters. The quantitative estimate of drug-likeness (QED) is 0.901. The zero-order valence-electron chi connectivity index (χ0n) is 8.62. The van der Waals surface area contributed by atoms with Gasteiger partial charge in [-0.25, -0.2) is 0 Å². The maximum absolute atomic E-state index is 5.64. The minimum atomic E-state index is 0.0969. The average molecular weight is 263 g/mol. The molecule has 2 heterocycles. The second-order valence-corrected chi connectivity index (χ2v) is 4.22. The number of nitrogens with one attached hydrogen (secondary N) is 1. The van der Waals surface area contributed by atoms with E-state index in [1.165, 1.54) is 0 Å². The van der Waals surface area contributed by atoms with Crippen molar-refractivity contribution >= 4 is 29.2 Å². The van der Waals surface area contributed by atoms with Crippen molar-refractivity contribution in [3.63, 3.8) is 0 Å². The lowest BCUT2D eigenvalue weighted by Crippen LogP contribution is -2.14. The van der Waals surface area contributed by atoms with Crippen LogP contribution in [0.2, 0.25) is 10.6 Å². The van der Waals surface area contributed by atoms with Crippen molar-refractivity contribution in [3.05, 3.63) is 10.6 Å². The molecule has 0 bridgehead atoms. The Balaban J connectivity index is 1.80. The van der Waals surface area contributed by atoms with Gasteiger partial charge in [-0.05, 0) is 42.5 Å². The number of halogens is 2. The number of hydrogen-bond acceptors (Lipinski definition) is 5. The van der Waals surface area contributed by atoms with Crippen molar-refractivity contribution in [1.82, 2.24) is 15.0 Å². The molecule has 1 aliphatic rings. The third kappa shape index (κ3) is 3.43. The molecule has 7 heteroatoms. The number of rotatable bonds is 4. The summed E-state index contributed by atoms with van der Waals surface area (Å²) >= 11 is 11.3. The van der Waals surface area contributed by atoms with E-state index in [2.05, 4.69) is 20.3 Å². The van der Waals surface area contributed by atoms with Gasteiger partial charge in [0, 0.05) is 13.2 Å². The maximum atomic E-state index is 5.64. The summed E-state index contributed by atoms with van der Waals surface area (Å²) in [5.74, 6) is 0.406. The Labute approximate surface area is 104 Å². The highest BCUT2D eigenvalue weighted by Crippen LogP contribution is 2.15. The first-order valence-corrected chi connectivity index (χ1v) is 5.92. The molecular formula is C9H12Cl2N4O. The Kier molecular flexibility index (Phi) is 4.15. The standard InChI is InChI=1S/C9H12Cl2N4O/c10-7-13-8(11)15-9(14-7)12-4-3-6-2-1-5-16-6/h6H,1-5H2,(H,12,13,14,15). The average Bonchev–Trinajstić information content (AvgIpc) is 2.69. The van der Waals surface area contributed by atoms with Crippen LogP contribution in [0.25, 0.3) is 0 Å². The van der Waals surface area contributed by atoms with Crippen LogP contribution in [-0.4, -0.2) is 34.2 Å². The summed E-state index contributed by atoms with van der Waals surface area (Å²) in [4.78, 5) is 11.5. The lowest BCUT2D eigenvalue weighted by molar-refractivity contribution is 0.107. The Bertz CT molecular complexity index is 337. The predicted octanol–water partition coefficient (Wildman–Crippen LogP) is 2.16. The van der Waals surface area contributed by atoms with Crippen molar-refractivity contribution in [2.24, 2.45) is 0 Å². The molecule has 88 valence electrons. The molecule has 0 amide bonds. The molecule has 1 aromatic heterocycles. The second-order valence-electron chi connectivity index (χ2n) is 3.55. The van der Waals surface area contributed by atoms with Gasteiger partial charge in [0.05, 0.1) is 6.10 Å². The van der Waals surface area contributed by atoms with Crippen LogP contribution in [0, 0.1) is 0 Å². The van der Waals surface area contributed by atoms with E-state index >= 15 is 0 Å². The number of ether oxygens (including phenoxy) is 1. The Morgan fingerprint density at radius 3 is 2.62 bits per heavy atom. The summed E-state index contributed by atoms with van der Waals surface area (Å²) in [6.07, 6.45) is 3.55. The predicted molar refractivity (Wildman–Crippen MR) is 61.9 cm³/mol. The second kappa shape index (κ2) is 5.61. The van der Waals surface area contributed by atoms with Crippen LogP contribution >= 0.6 is 23.2 Å². The van der Waals surface area contributed by atoms with E-state index in [1.807, 2.05) is 0 Å². The largest absolute Gasteiger partial charge is 0.378 e. The zero-order chi connectivity index (χ0) is 11.4. The van der Waals surface area contributed by atoms with Gasteiger partial charge in [-0.3, -0.25) is 0 Å². The summed E-state index contributed by atoms with van der Waals surface area (Å²) in [7, 11) is 0.